The number of para-hydroxylation sites is 1. The largest absolute Gasteiger partial charge is 0.486 e. The lowest BCUT2D eigenvalue weighted by atomic mass is 9.91. The Hall–Kier alpha value is -4.37. The summed E-state index contributed by atoms with van der Waals surface area (Å²) in [5, 5.41) is 0.928. The number of halogens is 1. The first-order chi connectivity index (χ1) is 20.2. The van der Waals surface area contributed by atoms with E-state index in [1.165, 1.54) is 6.07 Å². The van der Waals surface area contributed by atoms with Crippen LogP contribution in [0.3, 0.4) is 0 Å². The van der Waals surface area contributed by atoms with E-state index in [4.69, 9.17) is 15.5 Å². The van der Waals surface area contributed by atoms with Crippen LogP contribution in [0.25, 0.3) is 22.2 Å². The molecule has 0 spiro atoms. The van der Waals surface area contributed by atoms with Gasteiger partial charge in [-0.05, 0) is 75.3 Å². The zero-order valence-corrected chi connectivity index (χ0v) is 23.8. The van der Waals surface area contributed by atoms with Crippen LogP contribution < -0.4 is 10.5 Å². The molecule has 0 radical (unpaired) electrons. The van der Waals surface area contributed by atoms with Crippen molar-refractivity contribution in [3.05, 3.63) is 90.0 Å². The summed E-state index contributed by atoms with van der Waals surface area (Å²) in [4.78, 5) is 38.6. The number of hydrogen-bond acceptors (Lipinski definition) is 6. The number of hydrogen-bond donors (Lipinski definition) is 1. The highest BCUT2D eigenvalue weighted by molar-refractivity contribution is 5.95. The first kappa shape index (κ1) is 27.8. The molecule has 2 aromatic heterocycles. The SMILES string of the molecule is CN(C)C1CCN(C(=O)[C@@]2(Cc3ccc(OCc4cc(-c5ccncc5)nc5ccccc45)c(F)c3)C[C@@H]2C(N)=O)C1. The third kappa shape index (κ3) is 5.32. The second-order valence-electron chi connectivity index (χ2n) is 11.6. The van der Waals surface area contributed by atoms with Crippen LogP contribution in [0, 0.1) is 17.2 Å². The van der Waals surface area contributed by atoms with Gasteiger partial charge in [-0.15, -0.1) is 0 Å². The molecular weight excluding hydrogens is 533 g/mol. The second kappa shape index (κ2) is 11.1. The van der Waals surface area contributed by atoms with Crippen molar-refractivity contribution in [2.24, 2.45) is 17.1 Å². The Morgan fingerprint density at radius 1 is 1.12 bits per heavy atom. The van der Waals surface area contributed by atoms with Gasteiger partial charge in [0.2, 0.25) is 11.8 Å². The minimum atomic E-state index is -0.916. The Bertz CT molecular complexity index is 1650. The van der Waals surface area contributed by atoms with Crippen molar-refractivity contribution < 1.29 is 18.7 Å². The van der Waals surface area contributed by atoms with Gasteiger partial charge in [-0.2, -0.15) is 0 Å². The van der Waals surface area contributed by atoms with Gasteiger partial charge >= 0.3 is 0 Å². The number of aromatic nitrogens is 2. The first-order valence-corrected chi connectivity index (χ1v) is 14.2. The number of likely N-dealkylation sites (tertiary alicyclic amines) is 1. The third-order valence-electron chi connectivity index (χ3n) is 8.70. The molecule has 1 unspecified atom stereocenters. The maximum Gasteiger partial charge on any atom is 0.230 e. The van der Waals surface area contributed by atoms with Crippen LogP contribution in [-0.2, 0) is 22.6 Å². The highest BCUT2D eigenvalue weighted by atomic mass is 19.1. The minimum Gasteiger partial charge on any atom is -0.486 e. The highest BCUT2D eigenvalue weighted by Crippen LogP contribution is 2.56. The van der Waals surface area contributed by atoms with E-state index < -0.39 is 23.1 Å². The number of nitrogens with zero attached hydrogens (tertiary/aromatic N) is 4. The number of primary amides is 1. The van der Waals surface area contributed by atoms with E-state index in [0.29, 0.717) is 25.1 Å². The summed E-state index contributed by atoms with van der Waals surface area (Å²) in [6, 6.07) is 18.6. The molecule has 2 amide bonds. The summed E-state index contributed by atoms with van der Waals surface area (Å²) < 4.78 is 21.3. The fourth-order valence-electron chi connectivity index (χ4n) is 6.18. The van der Waals surface area contributed by atoms with Gasteiger partial charge in [0.1, 0.15) is 6.61 Å². The Balaban J connectivity index is 1.20. The number of ether oxygens (including phenoxy) is 1. The number of likely N-dealkylation sites (N-methyl/N-ethyl adjacent to an activating group) is 1. The van der Waals surface area contributed by atoms with Crippen molar-refractivity contribution >= 4 is 22.7 Å². The van der Waals surface area contributed by atoms with Crippen LogP contribution in [0.4, 0.5) is 4.39 Å². The number of carbonyl (C=O) groups excluding carboxylic acids is 2. The smallest absolute Gasteiger partial charge is 0.230 e. The minimum absolute atomic E-state index is 0.0639. The molecule has 216 valence electrons. The van der Waals surface area contributed by atoms with Gasteiger partial charge in [0.05, 0.1) is 22.5 Å². The number of carbonyl (C=O) groups is 2. The lowest BCUT2D eigenvalue weighted by Gasteiger charge is -2.25. The number of fused-ring (bicyclic) bond motifs is 1. The average molecular weight is 568 g/mol. The lowest BCUT2D eigenvalue weighted by molar-refractivity contribution is -0.138. The molecule has 2 N–H and O–H groups in total. The molecule has 1 aliphatic heterocycles. The van der Waals surface area contributed by atoms with Crippen molar-refractivity contribution in [1.82, 2.24) is 19.8 Å². The monoisotopic (exact) mass is 567 g/mol. The molecule has 8 nitrogen and oxygen atoms in total. The summed E-state index contributed by atoms with van der Waals surface area (Å²) in [5.74, 6) is -1.50. The number of pyridine rings is 2. The summed E-state index contributed by atoms with van der Waals surface area (Å²) in [6.07, 6.45) is 4.96. The molecular formula is C33H34FN5O3. The predicted octanol–water partition coefficient (Wildman–Crippen LogP) is 4.21. The van der Waals surface area contributed by atoms with Gasteiger partial charge in [0.25, 0.3) is 0 Å². The molecule has 42 heavy (non-hydrogen) atoms. The number of nitrogens with two attached hydrogens (primary N) is 1. The van der Waals surface area contributed by atoms with Gasteiger partial charge < -0.3 is 20.3 Å². The van der Waals surface area contributed by atoms with E-state index in [0.717, 1.165) is 34.1 Å². The number of benzene rings is 2. The lowest BCUT2D eigenvalue weighted by Crippen LogP contribution is -2.41. The summed E-state index contributed by atoms with van der Waals surface area (Å²) >= 11 is 0. The van der Waals surface area contributed by atoms with Crippen molar-refractivity contribution in [2.75, 3.05) is 27.2 Å². The van der Waals surface area contributed by atoms with Gasteiger partial charge in [-0.25, -0.2) is 9.37 Å². The van der Waals surface area contributed by atoms with Crippen molar-refractivity contribution in [3.63, 3.8) is 0 Å². The average Bonchev–Trinajstić information content (AvgIpc) is 3.51. The molecule has 1 aliphatic carbocycles. The third-order valence-corrected chi connectivity index (χ3v) is 8.70. The molecule has 1 saturated carbocycles. The summed E-state index contributed by atoms with van der Waals surface area (Å²) in [6.45, 7) is 1.40. The van der Waals surface area contributed by atoms with E-state index in [9.17, 15) is 9.59 Å². The van der Waals surface area contributed by atoms with Gasteiger partial charge in [0.15, 0.2) is 11.6 Å². The van der Waals surface area contributed by atoms with Crippen LogP contribution in [0.15, 0.2) is 73.1 Å². The molecule has 2 aromatic carbocycles. The normalized spacial score (nSPS) is 21.6. The maximum absolute atomic E-state index is 15.4. The molecule has 9 heteroatoms. The van der Waals surface area contributed by atoms with Crippen LogP contribution >= 0.6 is 0 Å². The zero-order chi connectivity index (χ0) is 29.4. The van der Waals surface area contributed by atoms with E-state index in [-0.39, 0.29) is 30.7 Å². The maximum atomic E-state index is 15.4. The first-order valence-electron chi connectivity index (χ1n) is 14.2. The molecule has 2 aliphatic rings. The summed E-state index contributed by atoms with van der Waals surface area (Å²) in [5.41, 5.74) is 8.78. The molecule has 6 rings (SSSR count). The quantitative estimate of drug-likeness (QED) is 0.325. The van der Waals surface area contributed by atoms with Crippen LogP contribution in [-0.4, -0.2) is 64.8 Å². The topological polar surface area (TPSA) is 102 Å². The Morgan fingerprint density at radius 2 is 1.90 bits per heavy atom. The standard InChI is InChI=1S/C33H34FN5O3/c1-38(2)24-11-14-39(19-24)32(41)33(18-26(33)31(35)40)17-21-7-8-30(27(34)15-21)42-20-23-16-29(22-9-12-36-13-10-22)37-28-6-4-3-5-25(23)28/h3-10,12-13,15-16,24,26H,11,14,17-20H2,1-2H3,(H2,35,40)/t24?,26-,33+/m1/s1. The fraction of sp³-hybridized carbons (Fsp3) is 0.333. The van der Waals surface area contributed by atoms with Crippen LogP contribution in [0.2, 0.25) is 0 Å². The molecule has 0 bridgehead atoms. The van der Waals surface area contributed by atoms with E-state index in [2.05, 4.69) is 9.88 Å². The fourth-order valence-corrected chi connectivity index (χ4v) is 6.18. The molecule has 3 atom stereocenters. The van der Waals surface area contributed by atoms with Crippen molar-refractivity contribution in [1.29, 1.82) is 0 Å². The van der Waals surface area contributed by atoms with Gasteiger partial charge in [-0.3, -0.25) is 14.6 Å². The van der Waals surface area contributed by atoms with E-state index in [1.54, 1.807) is 24.5 Å². The number of rotatable bonds is 9. The molecule has 4 aromatic rings. The Morgan fingerprint density at radius 3 is 2.60 bits per heavy atom. The highest BCUT2D eigenvalue weighted by Gasteiger charge is 2.64. The predicted molar refractivity (Wildman–Crippen MR) is 158 cm³/mol. The van der Waals surface area contributed by atoms with Gasteiger partial charge in [-0.1, -0.05) is 24.3 Å². The summed E-state index contributed by atoms with van der Waals surface area (Å²) in [7, 11) is 4.00. The molecule has 3 heterocycles. The number of amides is 2. The Kier molecular flexibility index (Phi) is 7.36. The molecule has 1 saturated heterocycles. The van der Waals surface area contributed by atoms with E-state index in [1.807, 2.05) is 61.5 Å². The zero-order valence-electron chi connectivity index (χ0n) is 23.8. The Labute approximate surface area is 244 Å². The second-order valence-corrected chi connectivity index (χ2v) is 11.6. The molecule has 2 fully saturated rings. The van der Waals surface area contributed by atoms with Gasteiger partial charge in [0, 0.05) is 48.0 Å². The van der Waals surface area contributed by atoms with E-state index >= 15 is 4.39 Å². The van der Waals surface area contributed by atoms with Crippen LogP contribution in [0.5, 0.6) is 5.75 Å². The van der Waals surface area contributed by atoms with Crippen molar-refractivity contribution in [2.45, 2.75) is 31.9 Å². The van der Waals surface area contributed by atoms with Crippen molar-refractivity contribution in [3.8, 4) is 17.0 Å². The van der Waals surface area contributed by atoms with Crippen LogP contribution in [0.1, 0.15) is 24.0 Å².